The quantitative estimate of drug-likeness (QED) is 0.792. The van der Waals surface area contributed by atoms with Crippen molar-refractivity contribution in [1.82, 2.24) is 0 Å². The minimum absolute atomic E-state index is 0.00573. The van der Waals surface area contributed by atoms with Gasteiger partial charge in [0.25, 0.3) is 0 Å². The Morgan fingerprint density at radius 1 is 1.00 bits per heavy atom. The van der Waals surface area contributed by atoms with Gasteiger partial charge in [0.1, 0.15) is 0 Å². The maximum Gasteiger partial charge on any atom is 0.243 e. The van der Waals surface area contributed by atoms with Crippen molar-refractivity contribution in [2.45, 2.75) is 19.8 Å². The molecule has 1 aliphatic rings. The van der Waals surface area contributed by atoms with Gasteiger partial charge in [-0.25, -0.2) is 0 Å². The average Bonchev–Trinajstić information content (AvgIpc) is 3.15. The Labute approximate surface area is 148 Å². The van der Waals surface area contributed by atoms with Crippen LogP contribution in [-0.2, 0) is 4.79 Å². The van der Waals surface area contributed by atoms with Crippen molar-refractivity contribution in [1.29, 1.82) is 0 Å². The molecular formula is C20H23N3O2. The summed E-state index contributed by atoms with van der Waals surface area (Å²) in [4.78, 5) is 25.8. The van der Waals surface area contributed by atoms with E-state index in [9.17, 15) is 9.59 Å². The van der Waals surface area contributed by atoms with Gasteiger partial charge in [-0.05, 0) is 56.2 Å². The predicted octanol–water partition coefficient (Wildman–Crippen LogP) is 3.54. The van der Waals surface area contributed by atoms with E-state index in [0.717, 1.165) is 24.5 Å². The van der Waals surface area contributed by atoms with Gasteiger partial charge in [-0.1, -0.05) is 12.1 Å². The molecule has 0 unspecified atom stereocenters. The molecule has 25 heavy (non-hydrogen) atoms. The first-order chi connectivity index (χ1) is 12.1. The number of rotatable bonds is 6. The standard InChI is InChI=1S/C20H23N3O2/c1-15(24)16-5-4-6-18(13-16)21-14-20(25)22-17-7-9-19(10-8-17)23-11-2-3-12-23/h4-10,13,21H,2-3,11-12,14H2,1H3,(H,22,25). The second-order valence-corrected chi connectivity index (χ2v) is 6.28. The molecule has 5 heteroatoms. The summed E-state index contributed by atoms with van der Waals surface area (Å²) in [5.74, 6) is -0.117. The summed E-state index contributed by atoms with van der Waals surface area (Å²) in [6, 6.07) is 15.1. The Hall–Kier alpha value is -2.82. The summed E-state index contributed by atoms with van der Waals surface area (Å²) in [6.07, 6.45) is 2.49. The van der Waals surface area contributed by atoms with Crippen LogP contribution in [0.5, 0.6) is 0 Å². The van der Waals surface area contributed by atoms with Crippen LogP contribution in [0, 0.1) is 0 Å². The van der Waals surface area contributed by atoms with Gasteiger partial charge in [0.2, 0.25) is 5.91 Å². The lowest BCUT2D eigenvalue weighted by atomic mass is 10.1. The third kappa shape index (κ3) is 4.59. The number of anilines is 3. The Kier molecular flexibility index (Phi) is 5.33. The van der Waals surface area contributed by atoms with E-state index in [0.29, 0.717) is 5.56 Å². The van der Waals surface area contributed by atoms with Crippen LogP contribution in [0.25, 0.3) is 0 Å². The number of nitrogens with zero attached hydrogens (tertiary/aromatic N) is 1. The summed E-state index contributed by atoms with van der Waals surface area (Å²) < 4.78 is 0. The van der Waals surface area contributed by atoms with E-state index in [-0.39, 0.29) is 18.2 Å². The molecule has 1 saturated heterocycles. The predicted molar refractivity (Wildman–Crippen MR) is 101 cm³/mol. The van der Waals surface area contributed by atoms with E-state index < -0.39 is 0 Å². The lowest BCUT2D eigenvalue weighted by Gasteiger charge is -2.17. The van der Waals surface area contributed by atoms with E-state index >= 15 is 0 Å². The number of carbonyl (C=O) groups excluding carboxylic acids is 2. The molecule has 0 atom stereocenters. The van der Waals surface area contributed by atoms with Crippen molar-refractivity contribution in [3.63, 3.8) is 0 Å². The Morgan fingerprint density at radius 3 is 2.40 bits per heavy atom. The third-order valence-electron chi connectivity index (χ3n) is 4.34. The fourth-order valence-corrected chi connectivity index (χ4v) is 2.97. The molecule has 1 fully saturated rings. The average molecular weight is 337 g/mol. The molecule has 0 aliphatic carbocycles. The summed E-state index contributed by atoms with van der Waals surface area (Å²) in [6.45, 7) is 3.89. The second kappa shape index (κ2) is 7.83. The van der Waals surface area contributed by atoms with Gasteiger partial charge < -0.3 is 15.5 Å². The zero-order valence-electron chi connectivity index (χ0n) is 14.4. The van der Waals surface area contributed by atoms with Gasteiger partial charge in [0, 0.05) is 35.7 Å². The molecule has 3 rings (SSSR count). The molecule has 0 spiro atoms. The molecule has 0 bridgehead atoms. The minimum Gasteiger partial charge on any atom is -0.376 e. The van der Waals surface area contributed by atoms with Crippen molar-refractivity contribution in [3.05, 3.63) is 54.1 Å². The van der Waals surface area contributed by atoms with Gasteiger partial charge >= 0.3 is 0 Å². The normalized spacial score (nSPS) is 13.6. The molecule has 2 aromatic carbocycles. The number of ketones is 1. The highest BCUT2D eigenvalue weighted by Crippen LogP contribution is 2.22. The van der Waals surface area contributed by atoms with Gasteiger partial charge in [0.15, 0.2) is 5.78 Å². The lowest BCUT2D eigenvalue weighted by molar-refractivity contribution is -0.114. The zero-order valence-corrected chi connectivity index (χ0v) is 14.4. The van der Waals surface area contributed by atoms with Crippen LogP contribution in [0.1, 0.15) is 30.1 Å². The summed E-state index contributed by atoms with van der Waals surface area (Å²) >= 11 is 0. The van der Waals surface area contributed by atoms with Crippen molar-refractivity contribution in [2.75, 3.05) is 35.2 Å². The molecule has 2 aromatic rings. The highest BCUT2D eigenvalue weighted by Gasteiger charge is 2.12. The smallest absolute Gasteiger partial charge is 0.243 e. The van der Waals surface area contributed by atoms with Crippen LogP contribution < -0.4 is 15.5 Å². The first-order valence-electron chi connectivity index (χ1n) is 8.61. The number of nitrogens with one attached hydrogen (secondary N) is 2. The van der Waals surface area contributed by atoms with Crippen molar-refractivity contribution >= 4 is 28.8 Å². The molecule has 1 aliphatic heterocycles. The van der Waals surface area contributed by atoms with Gasteiger partial charge in [-0.15, -0.1) is 0 Å². The number of amides is 1. The molecule has 0 aromatic heterocycles. The van der Waals surface area contributed by atoms with Crippen molar-refractivity contribution in [2.24, 2.45) is 0 Å². The van der Waals surface area contributed by atoms with Crippen LogP contribution in [0.3, 0.4) is 0 Å². The van der Waals surface area contributed by atoms with Crippen LogP contribution in [-0.4, -0.2) is 31.3 Å². The van der Waals surface area contributed by atoms with Crippen LogP contribution in [0.2, 0.25) is 0 Å². The first kappa shape index (κ1) is 17.0. The second-order valence-electron chi connectivity index (χ2n) is 6.28. The Balaban J connectivity index is 1.52. The Bertz CT molecular complexity index is 750. The van der Waals surface area contributed by atoms with Gasteiger partial charge in [0.05, 0.1) is 6.54 Å². The fourth-order valence-electron chi connectivity index (χ4n) is 2.97. The van der Waals surface area contributed by atoms with E-state index in [1.54, 1.807) is 18.2 Å². The maximum absolute atomic E-state index is 12.1. The van der Waals surface area contributed by atoms with Crippen LogP contribution in [0.15, 0.2) is 48.5 Å². The summed E-state index contributed by atoms with van der Waals surface area (Å²) in [5, 5.41) is 5.92. The number of hydrogen-bond donors (Lipinski definition) is 2. The lowest BCUT2D eigenvalue weighted by Crippen LogP contribution is -2.22. The largest absolute Gasteiger partial charge is 0.376 e. The molecule has 5 nitrogen and oxygen atoms in total. The van der Waals surface area contributed by atoms with Crippen molar-refractivity contribution < 1.29 is 9.59 Å². The van der Waals surface area contributed by atoms with Crippen molar-refractivity contribution in [3.8, 4) is 0 Å². The van der Waals surface area contributed by atoms with Gasteiger partial charge in [-0.2, -0.15) is 0 Å². The van der Waals surface area contributed by atoms with Crippen LogP contribution >= 0.6 is 0 Å². The van der Waals surface area contributed by atoms with Gasteiger partial charge in [-0.3, -0.25) is 9.59 Å². The van der Waals surface area contributed by atoms with E-state index in [1.165, 1.54) is 25.5 Å². The fraction of sp³-hybridized carbons (Fsp3) is 0.300. The molecule has 1 heterocycles. The zero-order chi connectivity index (χ0) is 17.6. The molecule has 1 amide bonds. The highest BCUT2D eigenvalue weighted by molar-refractivity contribution is 5.96. The molecular weight excluding hydrogens is 314 g/mol. The molecule has 0 saturated carbocycles. The monoisotopic (exact) mass is 337 g/mol. The molecule has 0 radical (unpaired) electrons. The van der Waals surface area contributed by atoms with E-state index in [2.05, 4.69) is 15.5 Å². The SMILES string of the molecule is CC(=O)c1cccc(NCC(=O)Nc2ccc(N3CCCC3)cc2)c1. The summed E-state index contributed by atoms with van der Waals surface area (Å²) in [7, 11) is 0. The maximum atomic E-state index is 12.1. The van der Waals surface area contributed by atoms with E-state index in [1.807, 2.05) is 30.3 Å². The minimum atomic E-state index is -0.123. The Morgan fingerprint density at radius 2 is 1.72 bits per heavy atom. The molecule has 2 N–H and O–H groups in total. The summed E-state index contributed by atoms with van der Waals surface area (Å²) in [5.41, 5.74) is 3.37. The topological polar surface area (TPSA) is 61.4 Å². The first-order valence-corrected chi connectivity index (χ1v) is 8.61. The van der Waals surface area contributed by atoms with E-state index in [4.69, 9.17) is 0 Å². The molecule has 130 valence electrons. The number of benzene rings is 2. The number of hydrogen-bond acceptors (Lipinski definition) is 4. The third-order valence-corrected chi connectivity index (χ3v) is 4.34. The number of Topliss-reactive ketones (excluding diaryl/α,β-unsaturated/α-hetero) is 1. The highest BCUT2D eigenvalue weighted by atomic mass is 16.2. The van der Waals surface area contributed by atoms with Crippen LogP contribution in [0.4, 0.5) is 17.1 Å². The number of carbonyl (C=O) groups is 2.